The molecule has 0 spiro atoms. The fourth-order valence-corrected chi connectivity index (χ4v) is 4.65. The van der Waals surface area contributed by atoms with E-state index in [1.54, 1.807) is 18.3 Å². The topological polar surface area (TPSA) is 59.1 Å². The monoisotopic (exact) mass is 342 g/mol. The number of carbonyl (C=O) groups is 1. The van der Waals surface area contributed by atoms with E-state index in [4.69, 9.17) is 0 Å². The fraction of sp³-hybridized carbons (Fsp3) is 0.368. The van der Waals surface area contributed by atoms with Crippen LogP contribution in [0.1, 0.15) is 48.0 Å². The highest BCUT2D eigenvalue weighted by atomic mass is 32.2. The summed E-state index contributed by atoms with van der Waals surface area (Å²) < 4.78 is 12.5. The van der Waals surface area contributed by atoms with E-state index in [2.05, 4.69) is 10.3 Å². The SMILES string of the molecule is O=C(Nc1cccc(C[S@@](=O)C2CCCCC2)c1)c1cccnc1. The number of pyridine rings is 1. The van der Waals surface area contributed by atoms with Crippen LogP contribution in [0.5, 0.6) is 0 Å². The fourth-order valence-electron chi connectivity index (χ4n) is 3.05. The third-order valence-electron chi connectivity index (χ3n) is 4.34. The van der Waals surface area contributed by atoms with Gasteiger partial charge in [0.15, 0.2) is 0 Å². The Kier molecular flexibility index (Phi) is 5.75. The zero-order valence-electron chi connectivity index (χ0n) is 13.6. The third-order valence-corrected chi connectivity index (χ3v) is 6.17. The van der Waals surface area contributed by atoms with Crippen LogP contribution in [0.2, 0.25) is 0 Å². The number of carbonyl (C=O) groups excluding carboxylic acids is 1. The number of hydrogen-bond donors (Lipinski definition) is 1. The van der Waals surface area contributed by atoms with Crippen LogP contribution in [0.15, 0.2) is 48.8 Å². The van der Waals surface area contributed by atoms with Gasteiger partial charge >= 0.3 is 0 Å². The van der Waals surface area contributed by atoms with E-state index in [0.717, 1.165) is 24.1 Å². The van der Waals surface area contributed by atoms with Crippen molar-refractivity contribution in [3.63, 3.8) is 0 Å². The Morgan fingerprint density at radius 2 is 2.00 bits per heavy atom. The zero-order chi connectivity index (χ0) is 16.8. The van der Waals surface area contributed by atoms with E-state index in [0.29, 0.717) is 16.6 Å². The lowest BCUT2D eigenvalue weighted by atomic mass is 10.0. The Bertz CT molecular complexity index is 712. The van der Waals surface area contributed by atoms with Crippen LogP contribution >= 0.6 is 0 Å². The lowest BCUT2D eigenvalue weighted by Gasteiger charge is -2.21. The van der Waals surface area contributed by atoms with Crippen LogP contribution in [0.25, 0.3) is 0 Å². The summed E-state index contributed by atoms with van der Waals surface area (Å²) in [5.74, 6) is 0.370. The van der Waals surface area contributed by atoms with E-state index in [1.807, 2.05) is 24.3 Å². The van der Waals surface area contributed by atoms with Gasteiger partial charge in [-0.05, 0) is 42.7 Å². The smallest absolute Gasteiger partial charge is 0.257 e. The number of anilines is 1. The van der Waals surface area contributed by atoms with Gasteiger partial charge < -0.3 is 5.32 Å². The lowest BCUT2D eigenvalue weighted by molar-refractivity contribution is 0.102. The molecule has 1 aromatic carbocycles. The summed E-state index contributed by atoms with van der Waals surface area (Å²) in [4.78, 5) is 16.1. The van der Waals surface area contributed by atoms with E-state index in [9.17, 15) is 9.00 Å². The van der Waals surface area contributed by atoms with Crippen LogP contribution in [0.3, 0.4) is 0 Å². The summed E-state index contributed by atoms with van der Waals surface area (Å²) in [7, 11) is -0.837. The standard InChI is InChI=1S/C19H22N2O2S/c22-19(16-7-5-11-20-13-16)21-17-8-4-6-15(12-17)14-24(23)18-9-2-1-3-10-18/h4-8,11-13,18H,1-3,9-10,14H2,(H,21,22)/t24-/m1/s1. The second-order valence-corrected chi connectivity index (χ2v) is 7.90. The van der Waals surface area contributed by atoms with Crippen molar-refractivity contribution in [3.05, 3.63) is 59.9 Å². The Morgan fingerprint density at radius 1 is 1.17 bits per heavy atom. The van der Waals surface area contributed by atoms with Crippen LogP contribution in [0, 0.1) is 0 Å². The molecule has 5 heteroatoms. The summed E-state index contributed by atoms with van der Waals surface area (Å²) in [5, 5.41) is 3.20. The quantitative estimate of drug-likeness (QED) is 0.896. The molecule has 0 unspecified atom stereocenters. The summed E-state index contributed by atoms with van der Waals surface area (Å²) in [6.07, 6.45) is 8.97. The third kappa shape index (κ3) is 4.51. The molecule has 2 aromatic rings. The largest absolute Gasteiger partial charge is 0.322 e. The molecule has 1 saturated carbocycles. The molecule has 0 saturated heterocycles. The van der Waals surface area contributed by atoms with E-state index < -0.39 is 10.8 Å². The minimum absolute atomic E-state index is 0.186. The van der Waals surface area contributed by atoms with Gasteiger partial charge in [-0.25, -0.2) is 0 Å². The van der Waals surface area contributed by atoms with Gasteiger partial charge in [-0.15, -0.1) is 0 Å². The van der Waals surface area contributed by atoms with Crippen LogP contribution in [-0.2, 0) is 16.6 Å². The maximum Gasteiger partial charge on any atom is 0.257 e. The zero-order valence-corrected chi connectivity index (χ0v) is 14.4. The number of nitrogens with zero attached hydrogens (tertiary/aromatic N) is 1. The summed E-state index contributed by atoms with van der Waals surface area (Å²) in [5.41, 5.74) is 2.25. The van der Waals surface area contributed by atoms with Gasteiger partial charge in [0.2, 0.25) is 0 Å². The van der Waals surface area contributed by atoms with Crippen LogP contribution in [-0.4, -0.2) is 20.3 Å². The van der Waals surface area contributed by atoms with Crippen molar-refractivity contribution >= 4 is 22.4 Å². The molecule has 1 aliphatic carbocycles. The molecule has 126 valence electrons. The highest BCUT2D eigenvalue weighted by molar-refractivity contribution is 7.84. The van der Waals surface area contributed by atoms with Gasteiger partial charge in [0, 0.05) is 39.9 Å². The van der Waals surface area contributed by atoms with Crippen molar-refractivity contribution in [1.29, 1.82) is 0 Å². The minimum Gasteiger partial charge on any atom is -0.322 e. The van der Waals surface area contributed by atoms with Crippen molar-refractivity contribution in [3.8, 4) is 0 Å². The molecule has 4 nitrogen and oxygen atoms in total. The van der Waals surface area contributed by atoms with Gasteiger partial charge in [-0.2, -0.15) is 0 Å². The average molecular weight is 342 g/mol. The molecule has 1 amide bonds. The van der Waals surface area contributed by atoms with Crippen LogP contribution < -0.4 is 5.32 Å². The molecule has 0 aliphatic heterocycles. The molecule has 1 N–H and O–H groups in total. The normalized spacial score (nSPS) is 16.5. The molecule has 1 aromatic heterocycles. The Hall–Kier alpha value is -2.01. The Labute approximate surface area is 145 Å². The van der Waals surface area contributed by atoms with Gasteiger partial charge in [0.25, 0.3) is 5.91 Å². The number of hydrogen-bond acceptors (Lipinski definition) is 3. The average Bonchev–Trinajstić information content (AvgIpc) is 2.63. The molecule has 3 rings (SSSR count). The summed E-state index contributed by atoms with van der Waals surface area (Å²) >= 11 is 0. The van der Waals surface area contributed by atoms with E-state index in [-0.39, 0.29) is 5.91 Å². The van der Waals surface area contributed by atoms with Crippen molar-refractivity contribution < 1.29 is 9.00 Å². The van der Waals surface area contributed by atoms with Gasteiger partial charge in [-0.3, -0.25) is 14.0 Å². The number of rotatable bonds is 5. The molecular formula is C19H22N2O2S. The number of amides is 1. The Balaban J connectivity index is 1.63. The van der Waals surface area contributed by atoms with Crippen LogP contribution in [0.4, 0.5) is 5.69 Å². The molecular weight excluding hydrogens is 320 g/mol. The second-order valence-electron chi connectivity index (χ2n) is 6.18. The number of benzene rings is 1. The van der Waals surface area contributed by atoms with Gasteiger partial charge in [0.1, 0.15) is 0 Å². The second kappa shape index (κ2) is 8.20. The molecule has 1 fully saturated rings. The first-order chi connectivity index (χ1) is 11.7. The maximum absolute atomic E-state index is 12.5. The highest BCUT2D eigenvalue weighted by Gasteiger charge is 2.19. The molecule has 0 radical (unpaired) electrons. The van der Waals surface area contributed by atoms with E-state index >= 15 is 0 Å². The first-order valence-electron chi connectivity index (χ1n) is 8.40. The first kappa shape index (κ1) is 16.8. The lowest BCUT2D eigenvalue weighted by Crippen LogP contribution is -2.20. The molecule has 0 bridgehead atoms. The van der Waals surface area contributed by atoms with Gasteiger partial charge in [-0.1, -0.05) is 31.4 Å². The summed E-state index contributed by atoms with van der Waals surface area (Å²) in [6.45, 7) is 0. The molecule has 1 aliphatic rings. The predicted molar refractivity (Wildman–Crippen MR) is 97.4 cm³/mol. The van der Waals surface area contributed by atoms with Crippen molar-refractivity contribution in [1.82, 2.24) is 4.98 Å². The number of aromatic nitrogens is 1. The molecule has 1 heterocycles. The van der Waals surface area contributed by atoms with Gasteiger partial charge in [0.05, 0.1) is 5.56 Å². The minimum atomic E-state index is -0.837. The van der Waals surface area contributed by atoms with E-state index in [1.165, 1.54) is 25.5 Å². The van der Waals surface area contributed by atoms with Crippen molar-refractivity contribution in [2.24, 2.45) is 0 Å². The summed E-state index contributed by atoms with van der Waals surface area (Å²) in [6, 6.07) is 11.1. The predicted octanol–water partition coefficient (Wildman–Crippen LogP) is 3.92. The van der Waals surface area contributed by atoms with Crippen molar-refractivity contribution in [2.45, 2.75) is 43.1 Å². The van der Waals surface area contributed by atoms with Crippen molar-refractivity contribution in [2.75, 3.05) is 5.32 Å². The maximum atomic E-state index is 12.5. The molecule has 1 atom stereocenters. The molecule has 24 heavy (non-hydrogen) atoms. The number of nitrogens with one attached hydrogen (secondary N) is 1. The highest BCUT2D eigenvalue weighted by Crippen LogP contribution is 2.24. The first-order valence-corrected chi connectivity index (χ1v) is 9.78. The Morgan fingerprint density at radius 3 is 2.75 bits per heavy atom.